The Labute approximate surface area is 94.8 Å². The summed E-state index contributed by atoms with van der Waals surface area (Å²) in [6.45, 7) is 1.61. The van der Waals surface area contributed by atoms with Crippen LogP contribution in [0.25, 0.3) is 0 Å². The maximum Gasteiger partial charge on any atom is 0.231 e. The van der Waals surface area contributed by atoms with E-state index in [0.717, 1.165) is 11.3 Å². The van der Waals surface area contributed by atoms with E-state index in [4.69, 9.17) is 0 Å². The van der Waals surface area contributed by atoms with Gasteiger partial charge in [-0.1, -0.05) is 6.92 Å². The number of likely N-dealkylation sites (N-methyl/N-ethyl adjacent to an activating group) is 1. The normalized spacial score (nSPS) is 15.4. The van der Waals surface area contributed by atoms with Crippen LogP contribution in [0.4, 0.5) is 5.69 Å². The molecule has 0 radical (unpaired) electrons. The number of fused-ring (bicyclic) bond motifs is 1. The highest BCUT2D eigenvalue weighted by molar-refractivity contribution is 7.91. The number of anilines is 1. The highest BCUT2D eigenvalue weighted by Gasteiger charge is 2.25. The largest absolute Gasteiger partial charge is 0.315 e. The van der Waals surface area contributed by atoms with Gasteiger partial charge in [-0.15, -0.1) is 0 Å². The molecule has 0 bridgehead atoms. The van der Waals surface area contributed by atoms with Gasteiger partial charge in [0.1, 0.15) is 0 Å². The first-order valence-corrected chi connectivity index (χ1v) is 6.73. The molecule has 0 fully saturated rings. The Balaban J connectivity index is 2.52. The first-order chi connectivity index (χ1) is 7.45. The van der Waals surface area contributed by atoms with Crippen molar-refractivity contribution in [1.29, 1.82) is 0 Å². The van der Waals surface area contributed by atoms with E-state index in [1.807, 2.05) is 0 Å². The van der Waals surface area contributed by atoms with Gasteiger partial charge in [0.05, 0.1) is 17.1 Å². The number of benzene rings is 1. The first-order valence-electron chi connectivity index (χ1n) is 5.08. The zero-order chi connectivity index (χ0) is 11.9. The van der Waals surface area contributed by atoms with Gasteiger partial charge < -0.3 is 4.90 Å². The van der Waals surface area contributed by atoms with Crippen LogP contribution in [0.1, 0.15) is 12.5 Å². The average Bonchev–Trinajstić information content (AvgIpc) is 2.54. The summed E-state index contributed by atoms with van der Waals surface area (Å²) in [4.78, 5) is 13.3. The van der Waals surface area contributed by atoms with Crippen LogP contribution in [0.5, 0.6) is 0 Å². The number of carbonyl (C=O) groups is 1. The molecule has 4 nitrogen and oxygen atoms in total. The minimum atomic E-state index is -3.18. The van der Waals surface area contributed by atoms with Gasteiger partial charge in [-0.3, -0.25) is 4.79 Å². The lowest BCUT2D eigenvalue weighted by Crippen LogP contribution is -2.20. The minimum Gasteiger partial charge on any atom is -0.315 e. The van der Waals surface area contributed by atoms with Crippen molar-refractivity contribution in [3.8, 4) is 0 Å². The van der Waals surface area contributed by atoms with E-state index in [1.54, 1.807) is 37.1 Å². The Morgan fingerprint density at radius 1 is 1.38 bits per heavy atom. The summed E-state index contributed by atoms with van der Waals surface area (Å²) in [5, 5.41) is 0. The monoisotopic (exact) mass is 239 g/mol. The van der Waals surface area contributed by atoms with Gasteiger partial charge in [0.25, 0.3) is 0 Å². The lowest BCUT2D eigenvalue weighted by atomic mass is 10.2. The Morgan fingerprint density at radius 3 is 2.69 bits per heavy atom. The molecule has 0 atom stereocenters. The van der Waals surface area contributed by atoms with Crippen LogP contribution in [-0.2, 0) is 21.1 Å². The molecule has 2 rings (SSSR count). The van der Waals surface area contributed by atoms with Crippen molar-refractivity contribution in [2.24, 2.45) is 0 Å². The second-order valence-electron chi connectivity index (χ2n) is 3.82. The topological polar surface area (TPSA) is 54.5 Å². The fourth-order valence-corrected chi connectivity index (χ4v) is 2.74. The van der Waals surface area contributed by atoms with Gasteiger partial charge in [-0.25, -0.2) is 8.42 Å². The van der Waals surface area contributed by atoms with E-state index < -0.39 is 9.84 Å². The van der Waals surface area contributed by atoms with Crippen LogP contribution in [0.15, 0.2) is 23.1 Å². The lowest BCUT2D eigenvalue weighted by molar-refractivity contribution is -0.117. The maximum absolute atomic E-state index is 11.7. The molecule has 1 amide bonds. The van der Waals surface area contributed by atoms with Crippen LogP contribution in [0, 0.1) is 0 Å². The number of rotatable bonds is 2. The predicted molar refractivity (Wildman–Crippen MR) is 61.3 cm³/mol. The molecule has 0 saturated carbocycles. The standard InChI is InChI=1S/C11H13NO3S/c1-3-16(14,15)9-4-5-10-8(6-9)7-11(13)12(10)2/h4-6H,3,7H2,1-2H3. The molecule has 1 aromatic carbocycles. The van der Waals surface area contributed by atoms with Gasteiger partial charge in [-0.2, -0.15) is 0 Å². The molecule has 16 heavy (non-hydrogen) atoms. The lowest BCUT2D eigenvalue weighted by Gasteiger charge is -2.10. The number of hydrogen-bond acceptors (Lipinski definition) is 3. The second kappa shape index (κ2) is 3.59. The number of hydrogen-bond donors (Lipinski definition) is 0. The molecular weight excluding hydrogens is 226 g/mol. The van der Waals surface area contributed by atoms with Crippen molar-refractivity contribution in [1.82, 2.24) is 0 Å². The Kier molecular flexibility index (Phi) is 2.50. The molecule has 0 spiro atoms. The molecular formula is C11H13NO3S. The summed E-state index contributed by atoms with van der Waals surface area (Å²) >= 11 is 0. The number of carbonyl (C=O) groups excluding carboxylic acids is 1. The third kappa shape index (κ3) is 1.61. The molecule has 1 aliphatic rings. The van der Waals surface area contributed by atoms with Crippen LogP contribution in [0.3, 0.4) is 0 Å². The molecule has 86 valence electrons. The summed E-state index contributed by atoms with van der Waals surface area (Å²) in [6.07, 6.45) is 0.291. The molecule has 0 unspecified atom stereocenters. The van der Waals surface area contributed by atoms with Crippen molar-refractivity contribution < 1.29 is 13.2 Å². The third-order valence-electron chi connectivity index (χ3n) is 2.87. The van der Waals surface area contributed by atoms with Crippen molar-refractivity contribution in [3.05, 3.63) is 23.8 Å². The number of sulfone groups is 1. The van der Waals surface area contributed by atoms with Gasteiger partial charge in [0, 0.05) is 12.7 Å². The summed E-state index contributed by atoms with van der Waals surface area (Å²) in [5.41, 5.74) is 1.60. The van der Waals surface area contributed by atoms with Crippen LogP contribution in [0.2, 0.25) is 0 Å². The third-order valence-corrected chi connectivity index (χ3v) is 4.60. The fraction of sp³-hybridized carbons (Fsp3) is 0.364. The van der Waals surface area contributed by atoms with E-state index in [9.17, 15) is 13.2 Å². The van der Waals surface area contributed by atoms with Gasteiger partial charge in [0.15, 0.2) is 9.84 Å². The molecule has 0 N–H and O–H groups in total. The molecule has 1 aliphatic heterocycles. The molecule has 0 saturated heterocycles. The molecule has 1 heterocycles. The van der Waals surface area contributed by atoms with E-state index in [-0.39, 0.29) is 11.7 Å². The number of amides is 1. The molecule has 0 aliphatic carbocycles. The van der Waals surface area contributed by atoms with E-state index in [0.29, 0.717) is 11.3 Å². The summed E-state index contributed by atoms with van der Waals surface area (Å²) < 4.78 is 23.3. The fourth-order valence-electron chi connectivity index (χ4n) is 1.81. The van der Waals surface area contributed by atoms with Crippen molar-refractivity contribution >= 4 is 21.4 Å². The van der Waals surface area contributed by atoms with Crippen molar-refractivity contribution in [2.45, 2.75) is 18.2 Å². The molecule has 5 heteroatoms. The quantitative estimate of drug-likeness (QED) is 0.773. The van der Waals surface area contributed by atoms with Gasteiger partial charge in [-0.05, 0) is 23.8 Å². The van der Waals surface area contributed by atoms with E-state index in [1.165, 1.54) is 0 Å². The minimum absolute atomic E-state index is 0.000969. The van der Waals surface area contributed by atoms with Crippen molar-refractivity contribution in [3.63, 3.8) is 0 Å². The van der Waals surface area contributed by atoms with Crippen LogP contribution in [-0.4, -0.2) is 27.1 Å². The zero-order valence-corrected chi connectivity index (χ0v) is 10.0. The van der Waals surface area contributed by atoms with Crippen LogP contribution < -0.4 is 4.90 Å². The van der Waals surface area contributed by atoms with Gasteiger partial charge in [0.2, 0.25) is 5.91 Å². The second-order valence-corrected chi connectivity index (χ2v) is 6.10. The van der Waals surface area contributed by atoms with Crippen LogP contribution >= 0.6 is 0 Å². The first kappa shape index (κ1) is 11.1. The maximum atomic E-state index is 11.7. The SMILES string of the molecule is CCS(=O)(=O)c1ccc2c(c1)CC(=O)N2C. The number of nitrogens with zero attached hydrogens (tertiary/aromatic N) is 1. The van der Waals surface area contributed by atoms with E-state index in [2.05, 4.69) is 0 Å². The average molecular weight is 239 g/mol. The summed E-state index contributed by atoms with van der Waals surface area (Å²) in [5.74, 6) is 0.0799. The predicted octanol–water partition coefficient (Wildman–Crippen LogP) is 0.999. The van der Waals surface area contributed by atoms with E-state index >= 15 is 0 Å². The van der Waals surface area contributed by atoms with Gasteiger partial charge >= 0.3 is 0 Å². The van der Waals surface area contributed by atoms with Crippen molar-refractivity contribution in [2.75, 3.05) is 17.7 Å². The Bertz CT molecular complexity index is 548. The molecule has 0 aromatic heterocycles. The zero-order valence-electron chi connectivity index (χ0n) is 9.23. The molecule has 1 aromatic rings. The summed E-state index contributed by atoms with van der Waals surface area (Å²) in [6, 6.07) is 4.87. The Morgan fingerprint density at radius 2 is 2.06 bits per heavy atom. The Hall–Kier alpha value is -1.36. The highest BCUT2D eigenvalue weighted by Crippen LogP contribution is 2.29. The highest BCUT2D eigenvalue weighted by atomic mass is 32.2. The smallest absolute Gasteiger partial charge is 0.231 e. The summed E-state index contributed by atoms with van der Waals surface area (Å²) in [7, 11) is -1.49.